The van der Waals surface area contributed by atoms with E-state index in [4.69, 9.17) is 4.84 Å². The van der Waals surface area contributed by atoms with E-state index in [0.29, 0.717) is 0 Å². The maximum atomic E-state index is 5.24. The second-order valence-electron chi connectivity index (χ2n) is 2.55. The molecule has 0 spiro atoms. The molecule has 58 valence electrons. The van der Waals surface area contributed by atoms with Crippen LogP contribution in [0.2, 0.25) is 0 Å². The van der Waals surface area contributed by atoms with Gasteiger partial charge in [0.1, 0.15) is 0 Å². The number of rotatable bonds is 0. The highest BCUT2D eigenvalue weighted by molar-refractivity contribution is 5.27. The van der Waals surface area contributed by atoms with Crippen molar-refractivity contribution in [3.63, 3.8) is 0 Å². The summed E-state index contributed by atoms with van der Waals surface area (Å²) in [4.78, 5) is 9.45. The molecule has 0 radical (unpaired) electrons. The summed E-state index contributed by atoms with van der Waals surface area (Å²) in [6.45, 7) is 0.899. The van der Waals surface area contributed by atoms with Crippen LogP contribution in [0.25, 0.3) is 0 Å². The molecule has 0 saturated carbocycles. The van der Waals surface area contributed by atoms with E-state index in [0.717, 1.165) is 30.8 Å². The molecule has 0 atom stereocenters. The Morgan fingerprint density at radius 3 is 3.55 bits per heavy atom. The maximum absolute atomic E-state index is 5.24. The third kappa shape index (κ3) is 1.33. The second kappa shape index (κ2) is 2.88. The van der Waals surface area contributed by atoms with Gasteiger partial charge in [-0.1, -0.05) is 0 Å². The Balaban J connectivity index is 2.33. The molecule has 0 aromatic carbocycles. The van der Waals surface area contributed by atoms with Gasteiger partial charge in [-0.3, -0.25) is 4.98 Å². The second-order valence-corrected chi connectivity index (χ2v) is 2.55. The van der Waals surface area contributed by atoms with Crippen LogP contribution in [0.5, 0.6) is 5.75 Å². The SMILES string of the molecule is c1cnc2c(c1)ONCCC2. The molecule has 1 N–H and O–H groups in total. The van der Waals surface area contributed by atoms with Crippen LogP contribution in [-0.4, -0.2) is 11.5 Å². The van der Waals surface area contributed by atoms with Crippen LogP contribution in [0.3, 0.4) is 0 Å². The fraction of sp³-hybridized carbons (Fsp3) is 0.375. The van der Waals surface area contributed by atoms with Crippen LogP contribution < -0.4 is 10.3 Å². The molecule has 3 heteroatoms. The minimum absolute atomic E-state index is 0.866. The number of aromatic nitrogens is 1. The molecule has 2 rings (SSSR count). The minimum atomic E-state index is 0.866. The van der Waals surface area contributed by atoms with E-state index >= 15 is 0 Å². The average Bonchev–Trinajstić information content (AvgIpc) is 2.28. The lowest BCUT2D eigenvalue weighted by atomic mass is 10.2. The van der Waals surface area contributed by atoms with Crippen molar-refractivity contribution in [2.75, 3.05) is 6.54 Å². The van der Waals surface area contributed by atoms with Gasteiger partial charge in [-0.05, 0) is 25.0 Å². The Kier molecular flexibility index (Phi) is 1.73. The predicted octanol–water partition coefficient (Wildman–Crippen LogP) is 0.911. The lowest BCUT2D eigenvalue weighted by molar-refractivity contribution is 0.201. The lowest BCUT2D eigenvalue weighted by Crippen LogP contribution is -2.17. The van der Waals surface area contributed by atoms with Gasteiger partial charge in [-0.2, -0.15) is 5.48 Å². The van der Waals surface area contributed by atoms with Gasteiger partial charge in [-0.25, -0.2) is 0 Å². The largest absolute Gasteiger partial charge is 0.407 e. The van der Waals surface area contributed by atoms with Gasteiger partial charge in [0, 0.05) is 12.7 Å². The van der Waals surface area contributed by atoms with Crippen LogP contribution in [0.1, 0.15) is 12.1 Å². The molecule has 0 bridgehead atoms. The van der Waals surface area contributed by atoms with Gasteiger partial charge in [0.25, 0.3) is 0 Å². The molecule has 0 fully saturated rings. The zero-order valence-corrected chi connectivity index (χ0v) is 6.21. The number of fused-ring (bicyclic) bond motifs is 1. The summed E-state index contributed by atoms with van der Waals surface area (Å²) in [7, 11) is 0. The molecule has 1 aromatic rings. The van der Waals surface area contributed by atoms with Gasteiger partial charge >= 0.3 is 0 Å². The van der Waals surface area contributed by atoms with E-state index in [9.17, 15) is 0 Å². The first-order chi connectivity index (χ1) is 5.47. The van der Waals surface area contributed by atoms with Crippen LogP contribution in [-0.2, 0) is 6.42 Å². The van der Waals surface area contributed by atoms with E-state index in [1.165, 1.54) is 0 Å². The molecular formula is C8H10N2O. The number of hydrogen-bond acceptors (Lipinski definition) is 3. The first-order valence-corrected chi connectivity index (χ1v) is 3.80. The molecule has 0 unspecified atom stereocenters. The monoisotopic (exact) mass is 150 g/mol. The Hall–Kier alpha value is -1.09. The van der Waals surface area contributed by atoms with Crippen molar-refractivity contribution in [1.29, 1.82) is 0 Å². The number of aryl methyl sites for hydroxylation is 1. The summed E-state index contributed by atoms with van der Waals surface area (Å²) < 4.78 is 0. The van der Waals surface area contributed by atoms with E-state index in [2.05, 4.69) is 10.5 Å². The van der Waals surface area contributed by atoms with E-state index in [1.807, 2.05) is 12.1 Å². The zero-order valence-electron chi connectivity index (χ0n) is 6.21. The quantitative estimate of drug-likeness (QED) is 0.597. The van der Waals surface area contributed by atoms with Crippen molar-refractivity contribution in [1.82, 2.24) is 10.5 Å². The van der Waals surface area contributed by atoms with Crippen LogP contribution in [0.15, 0.2) is 18.3 Å². The van der Waals surface area contributed by atoms with E-state index in [-0.39, 0.29) is 0 Å². The first-order valence-electron chi connectivity index (χ1n) is 3.80. The Bertz CT molecular complexity index is 225. The third-order valence-corrected chi connectivity index (χ3v) is 1.72. The molecule has 0 saturated heterocycles. The van der Waals surface area contributed by atoms with Gasteiger partial charge in [-0.15, -0.1) is 0 Å². The average molecular weight is 150 g/mol. The zero-order chi connectivity index (χ0) is 7.52. The summed E-state index contributed by atoms with van der Waals surface area (Å²) in [6, 6.07) is 3.81. The number of pyridine rings is 1. The fourth-order valence-corrected chi connectivity index (χ4v) is 1.16. The molecule has 11 heavy (non-hydrogen) atoms. The molecule has 2 heterocycles. The van der Waals surface area contributed by atoms with Crippen molar-refractivity contribution >= 4 is 0 Å². The summed E-state index contributed by atoms with van der Waals surface area (Å²) in [5, 5.41) is 0. The number of nitrogens with zero attached hydrogens (tertiary/aromatic N) is 1. The topological polar surface area (TPSA) is 34.1 Å². The van der Waals surface area contributed by atoms with Crippen molar-refractivity contribution in [2.24, 2.45) is 0 Å². The number of nitrogens with one attached hydrogen (secondary N) is 1. The molecule has 0 amide bonds. The number of hydroxylamine groups is 1. The van der Waals surface area contributed by atoms with Gasteiger partial charge in [0.2, 0.25) is 0 Å². The van der Waals surface area contributed by atoms with Crippen LogP contribution in [0, 0.1) is 0 Å². The molecule has 0 aliphatic carbocycles. The number of hydrogen-bond donors (Lipinski definition) is 1. The van der Waals surface area contributed by atoms with Crippen molar-refractivity contribution < 1.29 is 4.84 Å². The van der Waals surface area contributed by atoms with Crippen LogP contribution >= 0.6 is 0 Å². The molecule has 1 aliphatic rings. The smallest absolute Gasteiger partial charge is 0.168 e. The summed E-state index contributed by atoms with van der Waals surface area (Å²) >= 11 is 0. The standard InChI is InChI=1S/C8H10N2O/c1-3-7-8(11-10-6-1)4-2-5-9-7/h2,4-5,10H,1,3,6H2. The summed E-state index contributed by atoms with van der Waals surface area (Å²) in [5.41, 5.74) is 3.92. The summed E-state index contributed by atoms with van der Waals surface area (Å²) in [6.07, 6.45) is 3.89. The molecule has 3 nitrogen and oxygen atoms in total. The van der Waals surface area contributed by atoms with Gasteiger partial charge in [0.05, 0.1) is 5.69 Å². The third-order valence-electron chi connectivity index (χ3n) is 1.72. The Morgan fingerprint density at radius 1 is 1.55 bits per heavy atom. The minimum Gasteiger partial charge on any atom is -0.407 e. The van der Waals surface area contributed by atoms with Gasteiger partial charge in [0.15, 0.2) is 5.75 Å². The lowest BCUT2D eigenvalue weighted by Gasteiger charge is -2.03. The highest BCUT2D eigenvalue weighted by Crippen LogP contribution is 2.17. The highest BCUT2D eigenvalue weighted by Gasteiger charge is 2.07. The van der Waals surface area contributed by atoms with Crippen LogP contribution in [0.4, 0.5) is 0 Å². The van der Waals surface area contributed by atoms with E-state index < -0.39 is 0 Å². The summed E-state index contributed by atoms with van der Waals surface area (Å²) in [5.74, 6) is 0.866. The van der Waals surface area contributed by atoms with Gasteiger partial charge < -0.3 is 4.84 Å². The van der Waals surface area contributed by atoms with E-state index in [1.54, 1.807) is 6.20 Å². The maximum Gasteiger partial charge on any atom is 0.168 e. The fourth-order valence-electron chi connectivity index (χ4n) is 1.16. The van der Waals surface area contributed by atoms with Crippen molar-refractivity contribution in [3.05, 3.63) is 24.0 Å². The first kappa shape index (κ1) is 6.61. The van der Waals surface area contributed by atoms with Crippen molar-refractivity contribution in [2.45, 2.75) is 12.8 Å². The normalized spacial score (nSPS) is 16.4. The highest BCUT2D eigenvalue weighted by atomic mass is 16.6. The predicted molar refractivity (Wildman–Crippen MR) is 41.2 cm³/mol. The molecule has 1 aromatic heterocycles. The Morgan fingerprint density at radius 2 is 2.55 bits per heavy atom. The molecular weight excluding hydrogens is 140 g/mol. The van der Waals surface area contributed by atoms with Crippen molar-refractivity contribution in [3.8, 4) is 5.75 Å². The molecule has 1 aliphatic heterocycles. The Labute approximate surface area is 65.4 Å².